The molecule has 2 bridgehead atoms. The van der Waals surface area contributed by atoms with Crippen molar-refractivity contribution < 1.29 is 18.3 Å². The summed E-state index contributed by atoms with van der Waals surface area (Å²) in [6, 6.07) is 11.0. The summed E-state index contributed by atoms with van der Waals surface area (Å²) in [7, 11) is 3.48. The van der Waals surface area contributed by atoms with E-state index in [2.05, 4.69) is 57.0 Å². The van der Waals surface area contributed by atoms with Gasteiger partial charge in [0.15, 0.2) is 5.82 Å². The summed E-state index contributed by atoms with van der Waals surface area (Å²) >= 11 is 14.6. The van der Waals surface area contributed by atoms with Crippen LogP contribution in [0.5, 0.6) is 23.5 Å². The Morgan fingerprint density at radius 2 is 1.40 bits per heavy atom. The van der Waals surface area contributed by atoms with Crippen molar-refractivity contribution >= 4 is 44.9 Å². The van der Waals surface area contributed by atoms with Crippen molar-refractivity contribution in [3.8, 4) is 23.5 Å². The molecule has 7 rings (SSSR count). The van der Waals surface area contributed by atoms with Gasteiger partial charge in [0.05, 0.1) is 10.0 Å². The van der Waals surface area contributed by atoms with E-state index in [1.165, 1.54) is 53.9 Å². The molecule has 1 saturated heterocycles. The van der Waals surface area contributed by atoms with Crippen molar-refractivity contribution in [2.75, 3.05) is 18.0 Å². The number of halogens is 5. The Hall–Kier alpha value is -3.88. The normalized spacial score (nSPS) is 18.6. The maximum Gasteiger partial charge on any atom is 0.321 e. The molecule has 3 aromatic heterocycles. The minimum Gasteiger partial charge on any atom is -0.424 e. The van der Waals surface area contributed by atoms with Crippen molar-refractivity contribution in [2.24, 2.45) is 31.8 Å². The van der Waals surface area contributed by atoms with Gasteiger partial charge in [-0.1, -0.05) is 23.2 Å². The molecule has 2 fully saturated rings. The second-order valence-electron chi connectivity index (χ2n) is 11.5. The molecule has 0 radical (unpaired) electrons. The maximum atomic E-state index is 13.4. The lowest BCUT2D eigenvalue weighted by Gasteiger charge is -2.38. The number of ether oxygens (including phenoxy) is 2. The quantitative estimate of drug-likeness (QED) is 0.169. The molecule has 1 aliphatic heterocycles. The van der Waals surface area contributed by atoms with Gasteiger partial charge in [-0.05, 0) is 77.7 Å². The standard InChI is InChI=1S/C22H24ClFN6O.C9H6BrClFN3O/c1-13-7-21(26-12-25-13)30-10-14-3-4-15(11-30)17(14)9-20-27-22(29(2)28-20)31-16-5-6-19(24)18(23)8-16;1-15-9(13-8(10)14-15)16-5-2-3-7(12)6(11)4-5/h5-8,12,14-15,17H,3-4,9-11H2,1-2H3;2-4H,1H3/t14-,15+,17?;. The molecule has 11 nitrogen and oxygen atoms in total. The van der Waals surface area contributed by atoms with Gasteiger partial charge < -0.3 is 14.4 Å². The highest BCUT2D eigenvalue weighted by Gasteiger charge is 2.42. The first kappa shape index (κ1) is 33.0. The average Bonchev–Trinajstić information content (AvgIpc) is 3.61. The van der Waals surface area contributed by atoms with E-state index in [1.54, 1.807) is 25.1 Å². The summed E-state index contributed by atoms with van der Waals surface area (Å²) in [4.78, 5) is 19.6. The van der Waals surface area contributed by atoms with E-state index in [1.807, 2.05) is 6.92 Å². The SMILES string of the molecule is Cc1cc(N2C[C@H]3CC[C@@H](C2)C3Cc2nc(Oc3ccc(F)c(Cl)c3)n(C)n2)ncn1.Cn1nc(Br)nc1Oc1ccc(F)c(Cl)c1. The third kappa shape index (κ3) is 7.82. The number of benzene rings is 2. The van der Waals surface area contributed by atoms with Gasteiger partial charge in [-0.15, -0.1) is 5.10 Å². The van der Waals surface area contributed by atoms with Gasteiger partial charge >= 0.3 is 12.0 Å². The van der Waals surface area contributed by atoms with Gasteiger partial charge in [-0.2, -0.15) is 15.1 Å². The summed E-state index contributed by atoms with van der Waals surface area (Å²) in [5.74, 6) is 3.40. The van der Waals surface area contributed by atoms with Gasteiger partial charge in [0, 0.05) is 57.5 Å². The number of piperidine rings is 1. The molecule has 0 N–H and O–H groups in total. The van der Waals surface area contributed by atoms with Gasteiger partial charge in [0.2, 0.25) is 4.73 Å². The molecular formula is C31H30BrCl2F2N9O2. The number of rotatable bonds is 7. The predicted molar refractivity (Wildman–Crippen MR) is 175 cm³/mol. The fraction of sp³-hybridized carbons (Fsp3) is 0.355. The fourth-order valence-electron chi connectivity index (χ4n) is 6.00. The first-order valence-electron chi connectivity index (χ1n) is 14.8. The number of hydrogen-bond donors (Lipinski definition) is 0. The second-order valence-corrected chi connectivity index (χ2v) is 13.0. The molecule has 1 saturated carbocycles. The molecule has 246 valence electrons. The monoisotopic (exact) mass is 747 g/mol. The zero-order chi connectivity index (χ0) is 33.2. The fourth-order valence-corrected chi connectivity index (χ4v) is 6.73. The van der Waals surface area contributed by atoms with E-state index in [4.69, 9.17) is 32.7 Å². The highest BCUT2D eigenvalue weighted by atomic mass is 79.9. The third-order valence-electron chi connectivity index (χ3n) is 8.23. The highest BCUT2D eigenvalue weighted by Crippen LogP contribution is 2.44. The Labute approximate surface area is 288 Å². The first-order valence-corrected chi connectivity index (χ1v) is 16.3. The topological polar surface area (TPSA) is 109 Å². The van der Waals surface area contributed by atoms with E-state index < -0.39 is 11.6 Å². The van der Waals surface area contributed by atoms with Crippen LogP contribution in [0, 0.1) is 36.3 Å². The van der Waals surface area contributed by atoms with E-state index in [0.717, 1.165) is 36.8 Å². The molecule has 1 unspecified atom stereocenters. The number of aromatic nitrogens is 8. The zero-order valence-electron chi connectivity index (χ0n) is 25.6. The summed E-state index contributed by atoms with van der Waals surface area (Å²) in [6.07, 6.45) is 4.92. The van der Waals surface area contributed by atoms with Crippen LogP contribution in [0.25, 0.3) is 0 Å². The average molecular weight is 749 g/mol. The van der Waals surface area contributed by atoms with E-state index in [9.17, 15) is 8.78 Å². The van der Waals surface area contributed by atoms with Gasteiger partial charge in [-0.25, -0.2) is 28.1 Å². The third-order valence-corrected chi connectivity index (χ3v) is 9.14. The van der Waals surface area contributed by atoms with Crippen molar-refractivity contribution in [3.05, 3.63) is 86.7 Å². The molecule has 4 heterocycles. The molecule has 0 spiro atoms. The molecule has 47 heavy (non-hydrogen) atoms. The number of hydrogen-bond acceptors (Lipinski definition) is 9. The number of aryl methyl sites for hydroxylation is 3. The van der Waals surface area contributed by atoms with Crippen LogP contribution in [0.1, 0.15) is 24.4 Å². The van der Waals surface area contributed by atoms with Crippen LogP contribution in [0.3, 0.4) is 0 Å². The van der Waals surface area contributed by atoms with Crippen LogP contribution >= 0.6 is 39.1 Å². The van der Waals surface area contributed by atoms with Crippen LogP contribution in [0.2, 0.25) is 10.0 Å². The van der Waals surface area contributed by atoms with Crippen LogP contribution in [-0.4, -0.2) is 52.6 Å². The second kappa shape index (κ2) is 14.1. The molecule has 1 aliphatic carbocycles. The van der Waals surface area contributed by atoms with E-state index >= 15 is 0 Å². The molecule has 16 heteroatoms. The Bertz CT molecular complexity index is 1880. The molecule has 0 amide bonds. The molecular weight excluding hydrogens is 719 g/mol. The van der Waals surface area contributed by atoms with Gasteiger partial charge in [-0.3, -0.25) is 0 Å². The number of anilines is 1. The predicted octanol–water partition coefficient (Wildman–Crippen LogP) is 7.37. The zero-order valence-corrected chi connectivity index (χ0v) is 28.7. The van der Waals surface area contributed by atoms with Gasteiger partial charge in [0.1, 0.15) is 35.3 Å². The first-order chi connectivity index (χ1) is 22.5. The van der Waals surface area contributed by atoms with Crippen molar-refractivity contribution in [3.63, 3.8) is 0 Å². The Kier molecular flexibility index (Phi) is 9.90. The summed E-state index contributed by atoms with van der Waals surface area (Å²) < 4.78 is 40.9. The van der Waals surface area contributed by atoms with Crippen molar-refractivity contribution in [1.29, 1.82) is 0 Å². The molecule has 2 aromatic carbocycles. The van der Waals surface area contributed by atoms with E-state index in [-0.39, 0.29) is 16.1 Å². The maximum absolute atomic E-state index is 13.4. The minimum absolute atomic E-state index is 0.00117. The molecule has 3 atom stereocenters. The van der Waals surface area contributed by atoms with Crippen LogP contribution < -0.4 is 14.4 Å². The molecule has 2 aliphatic rings. The Morgan fingerprint density at radius 3 is 1.94 bits per heavy atom. The largest absolute Gasteiger partial charge is 0.424 e. The summed E-state index contributed by atoms with van der Waals surface area (Å²) in [5.41, 5.74) is 0.993. The lowest BCUT2D eigenvalue weighted by atomic mass is 9.82. The minimum atomic E-state index is -0.492. The van der Waals surface area contributed by atoms with Crippen LogP contribution in [-0.2, 0) is 20.5 Å². The summed E-state index contributed by atoms with van der Waals surface area (Å²) in [6.45, 7) is 4.00. The smallest absolute Gasteiger partial charge is 0.321 e. The summed E-state index contributed by atoms with van der Waals surface area (Å²) in [5, 5.41) is 8.52. The van der Waals surface area contributed by atoms with Crippen LogP contribution in [0.4, 0.5) is 14.6 Å². The van der Waals surface area contributed by atoms with Crippen LogP contribution in [0.15, 0.2) is 53.5 Å². The number of fused-ring (bicyclic) bond motifs is 2. The lowest BCUT2D eigenvalue weighted by molar-refractivity contribution is 0.264. The van der Waals surface area contributed by atoms with E-state index in [0.29, 0.717) is 40.0 Å². The highest BCUT2D eigenvalue weighted by molar-refractivity contribution is 9.10. The molecule has 5 aromatic rings. The Balaban J connectivity index is 0.000000203. The van der Waals surface area contributed by atoms with Crippen molar-refractivity contribution in [2.45, 2.75) is 26.2 Å². The van der Waals surface area contributed by atoms with Crippen molar-refractivity contribution in [1.82, 2.24) is 39.5 Å². The van der Waals surface area contributed by atoms with Gasteiger partial charge in [0.25, 0.3) is 0 Å². The number of nitrogens with zero attached hydrogens (tertiary/aromatic N) is 9. The lowest BCUT2D eigenvalue weighted by Crippen LogP contribution is -2.43. The Morgan fingerprint density at radius 1 is 0.830 bits per heavy atom.